The molecule has 1 aliphatic heterocycles. The van der Waals surface area contributed by atoms with Gasteiger partial charge in [-0.15, -0.1) is 0 Å². The first-order valence-corrected chi connectivity index (χ1v) is 5.70. The maximum Gasteiger partial charge on any atom is 0.148 e. The first-order chi connectivity index (χ1) is 8.52. The molecule has 0 radical (unpaired) electrons. The van der Waals surface area contributed by atoms with Gasteiger partial charge < -0.3 is 17.2 Å². The first-order valence-electron chi connectivity index (χ1n) is 5.70. The van der Waals surface area contributed by atoms with Gasteiger partial charge in [-0.1, -0.05) is 0 Å². The summed E-state index contributed by atoms with van der Waals surface area (Å²) in [7, 11) is 0. The standard InChI is InChI=1S/C11H17N7/c1-3-18-11(14)9(6(2)17-18)16-7-4-8(12)10(13)15-5-7/h4H,3,5,12,14H2,1-2H3,(H2,13,15). The number of hydrogen-bond donors (Lipinski definition) is 3. The molecule has 2 rings (SSSR count). The predicted octanol–water partition coefficient (Wildman–Crippen LogP) is 0.0795. The zero-order valence-corrected chi connectivity index (χ0v) is 10.5. The molecule has 0 aliphatic carbocycles. The van der Waals surface area contributed by atoms with E-state index in [4.69, 9.17) is 17.2 Å². The molecule has 18 heavy (non-hydrogen) atoms. The van der Waals surface area contributed by atoms with Gasteiger partial charge in [0.25, 0.3) is 0 Å². The zero-order chi connectivity index (χ0) is 13.3. The third-order valence-electron chi connectivity index (χ3n) is 2.72. The van der Waals surface area contributed by atoms with Crippen molar-refractivity contribution in [3.05, 3.63) is 17.5 Å². The molecule has 0 spiro atoms. The highest BCUT2D eigenvalue weighted by atomic mass is 15.3. The lowest BCUT2D eigenvalue weighted by molar-refractivity contribution is 0.663. The van der Waals surface area contributed by atoms with Crippen LogP contribution in [0.2, 0.25) is 0 Å². The van der Waals surface area contributed by atoms with Crippen molar-refractivity contribution in [1.29, 1.82) is 0 Å². The topological polar surface area (TPSA) is 121 Å². The summed E-state index contributed by atoms with van der Waals surface area (Å²) in [6.07, 6.45) is 1.71. The van der Waals surface area contributed by atoms with Crippen LogP contribution in [0.5, 0.6) is 0 Å². The van der Waals surface area contributed by atoms with E-state index in [1.54, 1.807) is 10.8 Å². The quantitative estimate of drug-likeness (QED) is 0.685. The Morgan fingerprint density at radius 2 is 2.11 bits per heavy atom. The van der Waals surface area contributed by atoms with Gasteiger partial charge in [0.1, 0.15) is 17.3 Å². The van der Waals surface area contributed by atoms with Crippen molar-refractivity contribution in [3.63, 3.8) is 0 Å². The third-order valence-corrected chi connectivity index (χ3v) is 2.72. The van der Waals surface area contributed by atoms with Crippen LogP contribution in [-0.2, 0) is 6.54 Å². The fourth-order valence-electron chi connectivity index (χ4n) is 1.74. The smallest absolute Gasteiger partial charge is 0.148 e. The van der Waals surface area contributed by atoms with E-state index in [2.05, 4.69) is 15.1 Å². The van der Waals surface area contributed by atoms with Gasteiger partial charge in [0.15, 0.2) is 0 Å². The zero-order valence-electron chi connectivity index (χ0n) is 10.5. The van der Waals surface area contributed by atoms with Gasteiger partial charge in [0.05, 0.1) is 23.6 Å². The predicted molar refractivity (Wildman–Crippen MR) is 72.9 cm³/mol. The fourth-order valence-corrected chi connectivity index (χ4v) is 1.74. The Hall–Kier alpha value is -2.31. The monoisotopic (exact) mass is 247 g/mol. The van der Waals surface area contributed by atoms with Gasteiger partial charge in [-0.3, -0.25) is 4.99 Å². The lowest BCUT2D eigenvalue weighted by atomic mass is 10.2. The second kappa shape index (κ2) is 4.52. The number of anilines is 1. The molecule has 2 heterocycles. The Kier molecular flexibility index (Phi) is 3.05. The molecule has 0 saturated heterocycles. The van der Waals surface area contributed by atoms with Gasteiger partial charge >= 0.3 is 0 Å². The molecule has 0 saturated carbocycles. The summed E-state index contributed by atoms with van der Waals surface area (Å²) in [6, 6.07) is 0. The number of aliphatic imine (C=N–C) groups is 2. The number of dihydropyridines is 1. The molecule has 0 unspecified atom stereocenters. The van der Waals surface area contributed by atoms with Gasteiger partial charge in [-0.2, -0.15) is 5.10 Å². The molecule has 7 heteroatoms. The van der Waals surface area contributed by atoms with Gasteiger partial charge in [-0.05, 0) is 19.9 Å². The highest BCUT2D eigenvalue weighted by molar-refractivity contribution is 6.10. The van der Waals surface area contributed by atoms with Crippen LogP contribution >= 0.6 is 0 Å². The molecule has 0 aromatic carbocycles. The maximum absolute atomic E-state index is 5.97. The number of amidine groups is 1. The summed E-state index contributed by atoms with van der Waals surface area (Å²) in [6.45, 7) is 4.96. The lowest BCUT2D eigenvalue weighted by Crippen LogP contribution is -2.26. The number of aryl methyl sites for hydroxylation is 2. The summed E-state index contributed by atoms with van der Waals surface area (Å²) in [5.74, 6) is 0.903. The molecule has 0 bridgehead atoms. The molecule has 0 amide bonds. The molecule has 0 atom stereocenters. The molecule has 1 aromatic heterocycles. The minimum atomic E-state index is 0.350. The van der Waals surface area contributed by atoms with Crippen LogP contribution in [0.1, 0.15) is 12.6 Å². The van der Waals surface area contributed by atoms with Gasteiger partial charge in [0.2, 0.25) is 0 Å². The van der Waals surface area contributed by atoms with E-state index in [0.717, 1.165) is 11.4 Å². The highest BCUT2D eigenvalue weighted by Crippen LogP contribution is 2.26. The largest absolute Gasteiger partial charge is 0.396 e. The summed E-state index contributed by atoms with van der Waals surface area (Å²) in [5, 5.41) is 4.30. The van der Waals surface area contributed by atoms with Crippen molar-refractivity contribution < 1.29 is 0 Å². The third kappa shape index (κ3) is 2.06. The second-order valence-corrected chi connectivity index (χ2v) is 4.04. The van der Waals surface area contributed by atoms with Crippen LogP contribution in [0, 0.1) is 6.92 Å². The number of nitrogen functional groups attached to an aromatic ring is 1. The van der Waals surface area contributed by atoms with Crippen molar-refractivity contribution in [2.24, 2.45) is 21.5 Å². The lowest BCUT2D eigenvalue weighted by Gasteiger charge is -2.08. The van der Waals surface area contributed by atoms with Crippen LogP contribution in [-0.4, -0.2) is 27.9 Å². The van der Waals surface area contributed by atoms with Crippen LogP contribution in [0.3, 0.4) is 0 Å². The molecule has 7 nitrogen and oxygen atoms in total. The number of nitrogens with zero attached hydrogens (tertiary/aromatic N) is 4. The van der Waals surface area contributed by atoms with Crippen molar-refractivity contribution in [2.45, 2.75) is 20.4 Å². The van der Waals surface area contributed by atoms with Crippen LogP contribution in [0.25, 0.3) is 0 Å². The van der Waals surface area contributed by atoms with E-state index in [9.17, 15) is 0 Å². The molecule has 1 aromatic rings. The average Bonchev–Trinajstić information content (AvgIpc) is 2.61. The van der Waals surface area contributed by atoms with Crippen molar-refractivity contribution in [1.82, 2.24) is 9.78 Å². The minimum Gasteiger partial charge on any atom is -0.396 e. The van der Waals surface area contributed by atoms with E-state index in [1.807, 2.05) is 13.8 Å². The molecular weight excluding hydrogens is 230 g/mol. The number of nitrogens with two attached hydrogens (primary N) is 3. The van der Waals surface area contributed by atoms with Crippen LogP contribution in [0.4, 0.5) is 11.5 Å². The Balaban J connectivity index is 2.38. The maximum atomic E-state index is 5.97. The van der Waals surface area contributed by atoms with Crippen molar-refractivity contribution in [3.8, 4) is 0 Å². The molecule has 1 aliphatic rings. The number of rotatable bonds is 2. The Bertz CT molecular complexity index is 562. The summed E-state index contributed by atoms with van der Waals surface area (Å²) in [4.78, 5) is 8.54. The van der Waals surface area contributed by atoms with E-state index in [1.165, 1.54) is 0 Å². The Morgan fingerprint density at radius 3 is 2.67 bits per heavy atom. The molecule has 0 fully saturated rings. The Morgan fingerprint density at radius 1 is 1.39 bits per heavy atom. The summed E-state index contributed by atoms with van der Waals surface area (Å²) in [5.41, 5.74) is 19.9. The van der Waals surface area contributed by atoms with Crippen molar-refractivity contribution in [2.75, 3.05) is 12.3 Å². The van der Waals surface area contributed by atoms with E-state index >= 15 is 0 Å². The minimum absolute atomic E-state index is 0.350. The summed E-state index contributed by atoms with van der Waals surface area (Å²) >= 11 is 0. The molecule has 6 N–H and O–H groups in total. The van der Waals surface area contributed by atoms with Gasteiger partial charge in [-0.25, -0.2) is 9.67 Å². The van der Waals surface area contributed by atoms with E-state index in [-0.39, 0.29) is 0 Å². The Labute approximate surface area is 105 Å². The molecule has 96 valence electrons. The van der Waals surface area contributed by atoms with E-state index < -0.39 is 0 Å². The first kappa shape index (κ1) is 12.2. The number of hydrogen-bond acceptors (Lipinski definition) is 6. The normalized spacial score (nSPS) is 17.8. The highest BCUT2D eigenvalue weighted by Gasteiger charge is 2.13. The fraction of sp³-hybridized carbons (Fsp3) is 0.364. The second-order valence-electron chi connectivity index (χ2n) is 4.04. The van der Waals surface area contributed by atoms with Crippen LogP contribution < -0.4 is 17.2 Å². The van der Waals surface area contributed by atoms with Crippen molar-refractivity contribution >= 4 is 23.1 Å². The van der Waals surface area contributed by atoms with Gasteiger partial charge in [0, 0.05) is 6.54 Å². The summed E-state index contributed by atoms with van der Waals surface area (Å²) < 4.78 is 1.71. The molecular formula is C11H17N7. The van der Waals surface area contributed by atoms with Crippen LogP contribution in [0.15, 0.2) is 21.8 Å². The number of aromatic nitrogens is 2. The van der Waals surface area contributed by atoms with E-state index in [0.29, 0.717) is 36.1 Å². The SMILES string of the molecule is CCn1nc(C)c(N=C2C=C(N)C(N)=NC2)c1N. The average molecular weight is 247 g/mol.